The lowest BCUT2D eigenvalue weighted by atomic mass is 10.1. The Hall–Kier alpha value is -2.09. The van der Waals surface area contributed by atoms with Crippen LogP contribution in [0.3, 0.4) is 0 Å². The number of rotatable bonds is 7. The van der Waals surface area contributed by atoms with Crippen molar-refractivity contribution < 1.29 is 18.0 Å². The summed E-state index contributed by atoms with van der Waals surface area (Å²) in [5.74, 6) is -0.219. The van der Waals surface area contributed by atoms with Crippen molar-refractivity contribution in [1.29, 1.82) is 0 Å². The number of carbonyl (C=O) groups excluding carboxylic acids is 2. The maximum atomic E-state index is 12.2. The number of benzene rings is 1. The van der Waals surface area contributed by atoms with Gasteiger partial charge in [0, 0.05) is 5.69 Å². The molecule has 0 saturated carbocycles. The summed E-state index contributed by atoms with van der Waals surface area (Å²) in [6, 6.07) is 5.80. The number of nitrogens with one attached hydrogen (secondary N) is 2. The summed E-state index contributed by atoms with van der Waals surface area (Å²) < 4.78 is 25.4. The van der Waals surface area contributed by atoms with Gasteiger partial charge >= 0.3 is 6.03 Å². The topological polar surface area (TPSA) is 95.6 Å². The van der Waals surface area contributed by atoms with Crippen LogP contribution in [0.25, 0.3) is 0 Å². The SMILES string of the molecule is CCC[C@H]1NC(=O)N(Cc2ccc(NS(=O)(=O)CC)cc2)C1=O. The standard InChI is InChI=1S/C15H21N3O4S/c1-3-5-13-14(19)18(15(20)16-13)10-11-6-8-12(9-7-11)17-23(21,22)4-2/h6-9,13,17H,3-5,10H2,1-2H3,(H,16,20)/t13-/m1/s1. The van der Waals surface area contributed by atoms with Gasteiger partial charge in [0.2, 0.25) is 10.0 Å². The summed E-state index contributed by atoms with van der Waals surface area (Å²) in [6.45, 7) is 3.69. The van der Waals surface area contributed by atoms with Crippen LogP contribution in [0.2, 0.25) is 0 Å². The molecule has 0 radical (unpaired) electrons. The van der Waals surface area contributed by atoms with Crippen molar-refractivity contribution in [3.05, 3.63) is 29.8 Å². The highest BCUT2D eigenvalue weighted by atomic mass is 32.2. The molecule has 2 N–H and O–H groups in total. The van der Waals surface area contributed by atoms with Crippen LogP contribution < -0.4 is 10.0 Å². The van der Waals surface area contributed by atoms with Gasteiger partial charge in [-0.3, -0.25) is 14.4 Å². The number of anilines is 1. The Morgan fingerprint density at radius 3 is 2.39 bits per heavy atom. The molecular weight excluding hydrogens is 318 g/mol. The molecule has 126 valence electrons. The van der Waals surface area contributed by atoms with E-state index < -0.39 is 16.1 Å². The first kappa shape index (κ1) is 17.3. The summed E-state index contributed by atoms with van der Waals surface area (Å²) in [7, 11) is -3.32. The fraction of sp³-hybridized carbons (Fsp3) is 0.467. The van der Waals surface area contributed by atoms with E-state index in [4.69, 9.17) is 0 Å². The van der Waals surface area contributed by atoms with Gasteiger partial charge in [0.25, 0.3) is 5.91 Å². The monoisotopic (exact) mass is 339 g/mol. The van der Waals surface area contributed by atoms with Gasteiger partial charge < -0.3 is 5.32 Å². The van der Waals surface area contributed by atoms with Crippen LogP contribution >= 0.6 is 0 Å². The van der Waals surface area contributed by atoms with Crippen LogP contribution in [0.15, 0.2) is 24.3 Å². The molecule has 1 fully saturated rings. The van der Waals surface area contributed by atoms with E-state index in [9.17, 15) is 18.0 Å². The van der Waals surface area contributed by atoms with Crippen molar-refractivity contribution in [2.24, 2.45) is 0 Å². The van der Waals surface area contributed by atoms with Gasteiger partial charge in [-0.15, -0.1) is 0 Å². The van der Waals surface area contributed by atoms with Crippen molar-refractivity contribution >= 4 is 27.6 Å². The van der Waals surface area contributed by atoms with Gasteiger partial charge in [0.05, 0.1) is 12.3 Å². The third kappa shape index (κ3) is 4.22. The molecule has 1 heterocycles. The lowest BCUT2D eigenvalue weighted by Crippen LogP contribution is -2.30. The van der Waals surface area contributed by atoms with E-state index >= 15 is 0 Å². The summed E-state index contributed by atoms with van der Waals surface area (Å²) in [5, 5.41) is 2.67. The maximum Gasteiger partial charge on any atom is 0.325 e. The Balaban J connectivity index is 2.04. The molecule has 8 heteroatoms. The van der Waals surface area contributed by atoms with E-state index in [1.165, 1.54) is 4.90 Å². The van der Waals surface area contributed by atoms with Gasteiger partial charge in [0.15, 0.2) is 0 Å². The van der Waals surface area contributed by atoms with E-state index in [-0.39, 0.29) is 24.2 Å². The largest absolute Gasteiger partial charge is 0.326 e. The first-order valence-electron chi connectivity index (χ1n) is 7.57. The third-order valence-electron chi connectivity index (χ3n) is 3.63. The smallest absolute Gasteiger partial charge is 0.325 e. The Morgan fingerprint density at radius 2 is 1.83 bits per heavy atom. The summed E-state index contributed by atoms with van der Waals surface area (Å²) >= 11 is 0. The summed E-state index contributed by atoms with van der Waals surface area (Å²) in [4.78, 5) is 25.2. The lowest BCUT2D eigenvalue weighted by molar-refractivity contribution is -0.128. The Bertz CT molecular complexity index is 685. The second-order valence-electron chi connectivity index (χ2n) is 5.42. The molecule has 0 bridgehead atoms. The summed E-state index contributed by atoms with van der Waals surface area (Å²) in [6.07, 6.45) is 1.44. The molecule has 1 atom stereocenters. The van der Waals surface area contributed by atoms with Gasteiger partial charge in [-0.2, -0.15) is 0 Å². The number of hydrogen-bond donors (Lipinski definition) is 2. The highest BCUT2D eigenvalue weighted by Crippen LogP contribution is 2.17. The molecule has 7 nitrogen and oxygen atoms in total. The van der Waals surface area contributed by atoms with Crippen LogP contribution in [-0.4, -0.2) is 37.1 Å². The third-order valence-corrected chi connectivity index (χ3v) is 4.94. The molecule has 0 spiro atoms. The number of carbonyl (C=O) groups is 2. The predicted molar refractivity (Wildman–Crippen MR) is 87.3 cm³/mol. The zero-order chi connectivity index (χ0) is 17.0. The van der Waals surface area contributed by atoms with Crippen molar-refractivity contribution in [2.75, 3.05) is 10.5 Å². The molecule has 1 aromatic carbocycles. The Labute approximate surface area is 136 Å². The second-order valence-corrected chi connectivity index (χ2v) is 7.43. The normalized spacial score (nSPS) is 18.2. The molecule has 1 aliphatic heterocycles. The number of hydrogen-bond acceptors (Lipinski definition) is 4. The van der Waals surface area contributed by atoms with Crippen molar-refractivity contribution in [2.45, 2.75) is 39.3 Å². The average Bonchev–Trinajstić information content (AvgIpc) is 2.77. The quantitative estimate of drug-likeness (QED) is 0.739. The molecular formula is C15H21N3O4S. The molecule has 0 unspecified atom stereocenters. The Morgan fingerprint density at radius 1 is 1.17 bits per heavy atom. The zero-order valence-electron chi connectivity index (χ0n) is 13.2. The van der Waals surface area contributed by atoms with E-state index in [0.29, 0.717) is 12.1 Å². The van der Waals surface area contributed by atoms with Gasteiger partial charge in [-0.1, -0.05) is 25.5 Å². The minimum atomic E-state index is -3.32. The second kappa shape index (κ2) is 6.99. The summed E-state index contributed by atoms with van der Waals surface area (Å²) in [5.41, 5.74) is 1.21. The fourth-order valence-electron chi connectivity index (χ4n) is 2.32. The first-order chi connectivity index (χ1) is 10.9. The van der Waals surface area contributed by atoms with Gasteiger partial charge in [-0.25, -0.2) is 13.2 Å². The molecule has 23 heavy (non-hydrogen) atoms. The van der Waals surface area contributed by atoms with E-state index in [1.807, 2.05) is 6.92 Å². The van der Waals surface area contributed by atoms with Crippen LogP contribution in [0.4, 0.5) is 10.5 Å². The molecule has 1 aromatic rings. The van der Waals surface area contributed by atoms with Crippen molar-refractivity contribution in [3.8, 4) is 0 Å². The minimum absolute atomic E-state index is 0.00395. The molecule has 0 aliphatic carbocycles. The number of sulfonamides is 1. The first-order valence-corrected chi connectivity index (χ1v) is 9.22. The highest BCUT2D eigenvalue weighted by molar-refractivity contribution is 7.92. The zero-order valence-corrected chi connectivity index (χ0v) is 14.0. The lowest BCUT2D eigenvalue weighted by Gasteiger charge is -2.13. The average molecular weight is 339 g/mol. The van der Waals surface area contributed by atoms with Crippen molar-refractivity contribution in [1.82, 2.24) is 10.2 Å². The van der Waals surface area contributed by atoms with Gasteiger partial charge in [0.1, 0.15) is 6.04 Å². The number of urea groups is 1. The Kier molecular flexibility index (Phi) is 5.25. The fourth-order valence-corrected chi connectivity index (χ4v) is 2.96. The number of nitrogens with zero attached hydrogens (tertiary/aromatic N) is 1. The minimum Gasteiger partial charge on any atom is -0.326 e. The van der Waals surface area contributed by atoms with Crippen LogP contribution in [0.5, 0.6) is 0 Å². The van der Waals surface area contributed by atoms with E-state index in [1.54, 1.807) is 31.2 Å². The molecule has 3 amide bonds. The van der Waals surface area contributed by atoms with E-state index in [2.05, 4.69) is 10.0 Å². The molecule has 1 saturated heterocycles. The highest BCUT2D eigenvalue weighted by Gasteiger charge is 2.36. The molecule has 0 aromatic heterocycles. The predicted octanol–water partition coefficient (Wildman–Crippen LogP) is 1.67. The van der Waals surface area contributed by atoms with Gasteiger partial charge in [-0.05, 0) is 31.0 Å². The molecule has 2 rings (SSSR count). The van der Waals surface area contributed by atoms with Crippen LogP contribution in [0.1, 0.15) is 32.3 Å². The number of imide groups is 1. The van der Waals surface area contributed by atoms with Crippen LogP contribution in [0, 0.1) is 0 Å². The van der Waals surface area contributed by atoms with E-state index in [0.717, 1.165) is 12.0 Å². The number of amides is 3. The molecule has 1 aliphatic rings. The van der Waals surface area contributed by atoms with Crippen LogP contribution in [-0.2, 0) is 21.4 Å². The van der Waals surface area contributed by atoms with Crippen molar-refractivity contribution in [3.63, 3.8) is 0 Å². The maximum absolute atomic E-state index is 12.2.